The topological polar surface area (TPSA) is 41.5 Å². The average Bonchev–Trinajstić information content (AvgIpc) is 2.45. The Kier molecular flexibility index (Phi) is 5.72. The molecule has 2 aromatic carbocycles. The van der Waals surface area contributed by atoms with E-state index in [1.54, 1.807) is 6.07 Å². The van der Waals surface area contributed by atoms with Gasteiger partial charge >= 0.3 is 0 Å². The molecule has 0 heterocycles. The van der Waals surface area contributed by atoms with Gasteiger partial charge in [0.2, 0.25) is 0 Å². The third-order valence-electron chi connectivity index (χ3n) is 3.03. The Balaban J connectivity index is 1.69. The Bertz CT molecular complexity index is 574. The number of aryl methyl sites for hydroxylation is 1. The molecule has 0 spiro atoms. The number of aliphatic hydroxyl groups is 1. The van der Waals surface area contributed by atoms with Crippen molar-refractivity contribution in [3.63, 3.8) is 0 Å². The molecule has 1 unspecified atom stereocenters. The summed E-state index contributed by atoms with van der Waals surface area (Å²) >= 11 is 0. The van der Waals surface area contributed by atoms with E-state index in [0.29, 0.717) is 13.1 Å². The maximum atomic E-state index is 13.0. The van der Waals surface area contributed by atoms with Crippen LogP contribution in [0.4, 0.5) is 4.39 Å². The summed E-state index contributed by atoms with van der Waals surface area (Å²) < 4.78 is 18.5. The molecule has 0 fully saturated rings. The lowest BCUT2D eigenvalue weighted by atomic mass is 10.2. The van der Waals surface area contributed by atoms with Gasteiger partial charge in [-0.1, -0.05) is 24.3 Å². The predicted molar refractivity (Wildman–Crippen MR) is 80.8 cm³/mol. The fourth-order valence-corrected chi connectivity index (χ4v) is 1.99. The minimum Gasteiger partial charge on any atom is -0.491 e. The van der Waals surface area contributed by atoms with Gasteiger partial charge < -0.3 is 15.2 Å². The molecule has 0 aliphatic carbocycles. The first-order valence-electron chi connectivity index (χ1n) is 6.96. The number of hydrogen-bond donors (Lipinski definition) is 2. The van der Waals surface area contributed by atoms with Gasteiger partial charge in [0.1, 0.15) is 24.3 Å². The highest BCUT2D eigenvalue weighted by Gasteiger charge is 2.05. The molecule has 0 bridgehead atoms. The second-order valence-electron chi connectivity index (χ2n) is 5.04. The van der Waals surface area contributed by atoms with Crippen LogP contribution >= 0.6 is 0 Å². The monoisotopic (exact) mass is 289 g/mol. The summed E-state index contributed by atoms with van der Waals surface area (Å²) in [6.45, 7) is 3.12. The molecule has 0 aliphatic rings. The van der Waals surface area contributed by atoms with Gasteiger partial charge in [-0.15, -0.1) is 0 Å². The van der Waals surface area contributed by atoms with E-state index in [4.69, 9.17) is 4.74 Å². The zero-order valence-corrected chi connectivity index (χ0v) is 12.1. The van der Waals surface area contributed by atoms with Gasteiger partial charge in [0, 0.05) is 13.1 Å². The molecule has 1 atom stereocenters. The molecule has 0 aromatic heterocycles. The minimum absolute atomic E-state index is 0.222. The molecule has 0 saturated carbocycles. The lowest BCUT2D eigenvalue weighted by Gasteiger charge is -2.13. The van der Waals surface area contributed by atoms with Gasteiger partial charge in [0.15, 0.2) is 0 Å². The number of rotatable bonds is 7. The van der Waals surface area contributed by atoms with Crippen LogP contribution in [0, 0.1) is 12.7 Å². The van der Waals surface area contributed by atoms with E-state index in [1.807, 2.05) is 37.3 Å². The van der Waals surface area contributed by atoms with Crippen molar-refractivity contribution in [2.45, 2.75) is 19.6 Å². The van der Waals surface area contributed by atoms with Gasteiger partial charge in [0.25, 0.3) is 0 Å². The van der Waals surface area contributed by atoms with Crippen molar-refractivity contribution >= 4 is 0 Å². The van der Waals surface area contributed by atoms with E-state index in [2.05, 4.69) is 5.32 Å². The molecule has 4 heteroatoms. The summed E-state index contributed by atoms with van der Waals surface area (Å²) in [5, 5.41) is 12.9. The first-order chi connectivity index (χ1) is 10.1. The molecule has 21 heavy (non-hydrogen) atoms. The van der Waals surface area contributed by atoms with Crippen molar-refractivity contribution < 1.29 is 14.2 Å². The number of aliphatic hydroxyl groups excluding tert-OH is 1. The van der Waals surface area contributed by atoms with E-state index < -0.39 is 6.10 Å². The van der Waals surface area contributed by atoms with E-state index in [-0.39, 0.29) is 12.4 Å². The van der Waals surface area contributed by atoms with Gasteiger partial charge in [-0.3, -0.25) is 0 Å². The standard InChI is InChI=1S/C17H20FNO2/c1-13-4-2-7-17(8-13)21-12-16(20)11-19-10-14-5-3-6-15(18)9-14/h2-9,16,19-20H,10-12H2,1H3. The normalized spacial score (nSPS) is 12.1. The SMILES string of the molecule is Cc1cccc(OCC(O)CNCc2cccc(F)c2)c1. The van der Waals surface area contributed by atoms with Crippen molar-refractivity contribution in [3.8, 4) is 5.75 Å². The van der Waals surface area contributed by atoms with Gasteiger partial charge in [-0.05, 0) is 42.3 Å². The van der Waals surface area contributed by atoms with E-state index in [0.717, 1.165) is 16.9 Å². The van der Waals surface area contributed by atoms with Crippen LogP contribution in [0.15, 0.2) is 48.5 Å². The van der Waals surface area contributed by atoms with Crippen LogP contribution in [-0.4, -0.2) is 24.4 Å². The molecule has 0 saturated heterocycles. The number of ether oxygens (including phenoxy) is 1. The number of hydrogen-bond acceptors (Lipinski definition) is 3. The van der Waals surface area contributed by atoms with Crippen LogP contribution in [0.25, 0.3) is 0 Å². The molecule has 2 rings (SSSR count). The Labute approximate surface area is 124 Å². The highest BCUT2D eigenvalue weighted by molar-refractivity contribution is 5.27. The first-order valence-corrected chi connectivity index (χ1v) is 6.96. The summed E-state index contributed by atoms with van der Waals surface area (Å²) in [5.41, 5.74) is 1.97. The Morgan fingerprint density at radius 1 is 1.19 bits per heavy atom. The fourth-order valence-electron chi connectivity index (χ4n) is 1.99. The molecular formula is C17H20FNO2. The van der Waals surface area contributed by atoms with Crippen LogP contribution in [0.5, 0.6) is 5.75 Å². The Morgan fingerprint density at radius 2 is 2.00 bits per heavy atom. The van der Waals surface area contributed by atoms with Crippen LogP contribution < -0.4 is 10.1 Å². The predicted octanol–water partition coefficient (Wildman–Crippen LogP) is 2.66. The van der Waals surface area contributed by atoms with E-state index in [1.165, 1.54) is 12.1 Å². The minimum atomic E-state index is -0.612. The van der Waals surface area contributed by atoms with Gasteiger partial charge in [0.05, 0.1) is 0 Å². The Morgan fingerprint density at radius 3 is 2.76 bits per heavy atom. The lowest BCUT2D eigenvalue weighted by Crippen LogP contribution is -2.31. The van der Waals surface area contributed by atoms with Crippen LogP contribution in [0.1, 0.15) is 11.1 Å². The number of halogens is 1. The summed E-state index contributed by atoms with van der Waals surface area (Å²) in [6.07, 6.45) is -0.612. The maximum absolute atomic E-state index is 13.0. The van der Waals surface area contributed by atoms with Gasteiger partial charge in [-0.2, -0.15) is 0 Å². The van der Waals surface area contributed by atoms with E-state index in [9.17, 15) is 9.50 Å². The fraction of sp³-hybridized carbons (Fsp3) is 0.294. The molecular weight excluding hydrogens is 269 g/mol. The largest absolute Gasteiger partial charge is 0.491 e. The highest BCUT2D eigenvalue weighted by atomic mass is 19.1. The first kappa shape index (κ1) is 15.5. The molecule has 112 valence electrons. The molecule has 3 nitrogen and oxygen atoms in total. The molecule has 0 radical (unpaired) electrons. The molecule has 0 aliphatic heterocycles. The molecule has 2 N–H and O–H groups in total. The number of nitrogens with one attached hydrogen (secondary N) is 1. The van der Waals surface area contributed by atoms with Crippen LogP contribution in [-0.2, 0) is 6.54 Å². The zero-order valence-electron chi connectivity index (χ0n) is 12.1. The maximum Gasteiger partial charge on any atom is 0.123 e. The summed E-state index contributed by atoms with van der Waals surface area (Å²) in [6, 6.07) is 14.1. The van der Waals surface area contributed by atoms with Crippen LogP contribution in [0.2, 0.25) is 0 Å². The average molecular weight is 289 g/mol. The van der Waals surface area contributed by atoms with Crippen LogP contribution in [0.3, 0.4) is 0 Å². The second-order valence-corrected chi connectivity index (χ2v) is 5.04. The second kappa shape index (κ2) is 7.76. The van der Waals surface area contributed by atoms with Crippen molar-refractivity contribution in [1.29, 1.82) is 0 Å². The third kappa shape index (κ3) is 5.53. The summed E-state index contributed by atoms with van der Waals surface area (Å²) in [4.78, 5) is 0. The van der Waals surface area contributed by atoms with Crippen molar-refractivity contribution in [3.05, 3.63) is 65.5 Å². The van der Waals surface area contributed by atoms with Crippen molar-refractivity contribution in [1.82, 2.24) is 5.32 Å². The Hall–Kier alpha value is -1.91. The smallest absolute Gasteiger partial charge is 0.123 e. The highest BCUT2D eigenvalue weighted by Crippen LogP contribution is 2.12. The molecule has 0 amide bonds. The quantitative estimate of drug-likeness (QED) is 0.823. The summed E-state index contributed by atoms with van der Waals surface area (Å²) in [5.74, 6) is 0.497. The lowest BCUT2D eigenvalue weighted by molar-refractivity contribution is 0.106. The third-order valence-corrected chi connectivity index (χ3v) is 3.03. The van der Waals surface area contributed by atoms with Crippen molar-refractivity contribution in [2.24, 2.45) is 0 Å². The van der Waals surface area contributed by atoms with Crippen molar-refractivity contribution in [2.75, 3.05) is 13.2 Å². The summed E-state index contributed by atoms with van der Waals surface area (Å²) in [7, 11) is 0. The number of benzene rings is 2. The van der Waals surface area contributed by atoms with Gasteiger partial charge in [-0.25, -0.2) is 4.39 Å². The molecule has 2 aromatic rings. The van der Waals surface area contributed by atoms with E-state index >= 15 is 0 Å². The zero-order chi connectivity index (χ0) is 15.1.